The molecule has 1 heterocycles. The number of benzene rings is 1. The SMILES string of the molecule is CC(C)NCc1cc(Cl)ccc1OCCc1nccn1C. The van der Waals surface area contributed by atoms with Crippen LogP contribution >= 0.6 is 11.6 Å². The molecule has 0 saturated heterocycles. The third-order valence-corrected chi connectivity index (χ3v) is 3.46. The van der Waals surface area contributed by atoms with Crippen LogP contribution in [0.3, 0.4) is 0 Å². The second-order valence-electron chi connectivity index (χ2n) is 5.34. The van der Waals surface area contributed by atoms with Crippen molar-refractivity contribution < 1.29 is 4.74 Å². The summed E-state index contributed by atoms with van der Waals surface area (Å²) in [4.78, 5) is 4.29. The summed E-state index contributed by atoms with van der Waals surface area (Å²) < 4.78 is 7.91. The van der Waals surface area contributed by atoms with Gasteiger partial charge >= 0.3 is 0 Å². The van der Waals surface area contributed by atoms with Crippen molar-refractivity contribution in [2.75, 3.05) is 6.61 Å². The van der Waals surface area contributed by atoms with Crippen LogP contribution in [-0.2, 0) is 20.0 Å². The molecule has 0 unspecified atom stereocenters. The number of rotatable bonds is 7. The van der Waals surface area contributed by atoms with Crippen LogP contribution in [0, 0.1) is 0 Å². The van der Waals surface area contributed by atoms with Crippen molar-refractivity contribution in [3.63, 3.8) is 0 Å². The summed E-state index contributed by atoms with van der Waals surface area (Å²) in [6.45, 7) is 5.58. The number of nitrogens with zero attached hydrogens (tertiary/aromatic N) is 2. The summed E-state index contributed by atoms with van der Waals surface area (Å²) in [5, 5.41) is 4.12. The Hall–Kier alpha value is -1.52. The molecule has 0 fully saturated rings. The minimum atomic E-state index is 0.421. The fourth-order valence-electron chi connectivity index (χ4n) is 2.03. The number of imidazole rings is 1. The second-order valence-corrected chi connectivity index (χ2v) is 5.78. The molecule has 1 N–H and O–H groups in total. The molecule has 0 aliphatic carbocycles. The van der Waals surface area contributed by atoms with E-state index in [-0.39, 0.29) is 0 Å². The molecule has 5 heteroatoms. The number of aromatic nitrogens is 2. The van der Waals surface area contributed by atoms with Crippen molar-refractivity contribution in [1.82, 2.24) is 14.9 Å². The molecule has 1 aromatic heterocycles. The van der Waals surface area contributed by atoms with Crippen LogP contribution in [0.1, 0.15) is 25.2 Å². The molecule has 0 radical (unpaired) electrons. The van der Waals surface area contributed by atoms with E-state index in [4.69, 9.17) is 16.3 Å². The Bertz CT molecular complexity index is 581. The minimum Gasteiger partial charge on any atom is -0.493 e. The van der Waals surface area contributed by atoms with Gasteiger partial charge in [0, 0.05) is 49.0 Å². The predicted octanol–water partition coefficient (Wildman–Crippen LogP) is 3.19. The quantitative estimate of drug-likeness (QED) is 0.854. The van der Waals surface area contributed by atoms with E-state index in [9.17, 15) is 0 Å². The largest absolute Gasteiger partial charge is 0.493 e. The van der Waals surface area contributed by atoms with Gasteiger partial charge < -0.3 is 14.6 Å². The van der Waals surface area contributed by atoms with Gasteiger partial charge in [-0.3, -0.25) is 0 Å². The Morgan fingerprint density at radius 1 is 1.38 bits per heavy atom. The first-order chi connectivity index (χ1) is 10.1. The van der Waals surface area contributed by atoms with Crippen LogP contribution in [0.15, 0.2) is 30.6 Å². The lowest BCUT2D eigenvalue weighted by Gasteiger charge is -2.14. The first-order valence-corrected chi connectivity index (χ1v) is 7.55. The molecule has 0 aliphatic rings. The van der Waals surface area contributed by atoms with E-state index in [2.05, 4.69) is 24.1 Å². The predicted molar refractivity (Wildman–Crippen MR) is 85.8 cm³/mol. The normalized spacial score (nSPS) is 11.1. The van der Waals surface area contributed by atoms with Gasteiger partial charge in [-0.25, -0.2) is 4.98 Å². The van der Waals surface area contributed by atoms with Gasteiger partial charge in [0.15, 0.2) is 0 Å². The highest BCUT2D eigenvalue weighted by molar-refractivity contribution is 6.30. The molecule has 4 nitrogen and oxygen atoms in total. The van der Waals surface area contributed by atoms with Gasteiger partial charge in [-0.1, -0.05) is 25.4 Å². The lowest BCUT2D eigenvalue weighted by atomic mass is 10.2. The second kappa shape index (κ2) is 7.48. The van der Waals surface area contributed by atoms with Gasteiger partial charge in [-0.05, 0) is 18.2 Å². The van der Waals surface area contributed by atoms with Crippen molar-refractivity contribution in [2.24, 2.45) is 7.05 Å². The van der Waals surface area contributed by atoms with E-state index in [0.717, 1.165) is 35.1 Å². The fourth-order valence-corrected chi connectivity index (χ4v) is 2.23. The molecule has 2 rings (SSSR count). The van der Waals surface area contributed by atoms with Gasteiger partial charge in [0.05, 0.1) is 6.61 Å². The number of aryl methyl sites for hydroxylation is 1. The zero-order valence-corrected chi connectivity index (χ0v) is 13.5. The topological polar surface area (TPSA) is 39.1 Å². The molecule has 0 aliphatic heterocycles. The molecule has 0 amide bonds. The number of hydrogen-bond acceptors (Lipinski definition) is 3. The van der Waals surface area contributed by atoms with Crippen LogP contribution in [-0.4, -0.2) is 22.2 Å². The Kier molecular flexibility index (Phi) is 5.65. The van der Waals surface area contributed by atoms with Crippen molar-refractivity contribution in [3.05, 3.63) is 47.0 Å². The van der Waals surface area contributed by atoms with Crippen LogP contribution in [0.2, 0.25) is 5.02 Å². The zero-order chi connectivity index (χ0) is 15.2. The highest BCUT2D eigenvalue weighted by Gasteiger charge is 2.07. The molecule has 0 bridgehead atoms. The Morgan fingerprint density at radius 2 is 2.19 bits per heavy atom. The molecule has 0 spiro atoms. The molecule has 114 valence electrons. The molecule has 0 saturated carbocycles. The zero-order valence-electron chi connectivity index (χ0n) is 12.8. The first-order valence-electron chi connectivity index (χ1n) is 7.17. The van der Waals surface area contributed by atoms with Gasteiger partial charge in [0.1, 0.15) is 11.6 Å². The Morgan fingerprint density at radius 3 is 2.86 bits per heavy atom. The number of nitrogens with one attached hydrogen (secondary N) is 1. The van der Waals surface area contributed by atoms with Gasteiger partial charge in [0.25, 0.3) is 0 Å². The first kappa shape index (κ1) is 15.9. The summed E-state index contributed by atoms with van der Waals surface area (Å²) in [7, 11) is 1.99. The van der Waals surface area contributed by atoms with Crippen molar-refractivity contribution >= 4 is 11.6 Å². The van der Waals surface area contributed by atoms with Crippen LogP contribution in [0.25, 0.3) is 0 Å². The maximum Gasteiger partial charge on any atom is 0.123 e. The third-order valence-electron chi connectivity index (χ3n) is 3.23. The summed E-state index contributed by atoms with van der Waals surface area (Å²) in [5.41, 5.74) is 1.08. The van der Waals surface area contributed by atoms with Crippen molar-refractivity contribution in [3.8, 4) is 5.75 Å². The summed E-state index contributed by atoms with van der Waals surface area (Å²) in [6.07, 6.45) is 4.52. The lowest BCUT2D eigenvalue weighted by Crippen LogP contribution is -2.22. The van der Waals surface area contributed by atoms with Crippen LogP contribution < -0.4 is 10.1 Å². The van der Waals surface area contributed by atoms with E-state index in [1.54, 1.807) is 6.20 Å². The highest BCUT2D eigenvalue weighted by atomic mass is 35.5. The minimum absolute atomic E-state index is 0.421. The smallest absolute Gasteiger partial charge is 0.123 e. The maximum absolute atomic E-state index is 6.07. The van der Waals surface area contributed by atoms with Gasteiger partial charge in [0.2, 0.25) is 0 Å². The van der Waals surface area contributed by atoms with Crippen molar-refractivity contribution in [2.45, 2.75) is 32.9 Å². The van der Waals surface area contributed by atoms with Crippen LogP contribution in [0.4, 0.5) is 0 Å². The molecular formula is C16H22ClN3O. The number of ether oxygens (including phenoxy) is 1. The highest BCUT2D eigenvalue weighted by Crippen LogP contribution is 2.23. The number of halogens is 1. The molecular weight excluding hydrogens is 286 g/mol. The lowest BCUT2D eigenvalue weighted by molar-refractivity contribution is 0.313. The van der Waals surface area contributed by atoms with E-state index in [1.165, 1.54) is 0 Å². The summed E-state index contributed by atoms with van der Waals surface area (Å²) >= 11 is 6.07. The van der Waals surface area contributed by atoms with E-state index in [0.29, 0.717) is 12.6 Å². The number of hydrogen-bond donors (Lipinski definition) is 1. The molecule has 2 aromatic rings. The fraction of sp³-hybridized carbons (Fsp3) is 0.438. The van der Waals surface area contributed by atoms with Crippen molar-refractivity contribution in [1.29, 1.82) is 0 Å². The molecule has 21 heavy (non-hydrogen) atoms. The summed E-state index contributed by atoms with van der Waals surface area (Å²) in [6, 6.07) is 6.16. The average molecular weight is 308 g/mol. The molecule has 0 atom stereocenters. The average Bonchev–Trinajstić information content (AvgIpc) is 2.84. The van der Waals surface area contributed by atoms with Gasteiger partial charge in [-0.2, -0.15) is 0 Å². The standard InChI is InChI=1S/C16H22ClN3O/c1-12(2)19-11-13-10-14(17)4-5-15(13)21-9-6-16-18-7-8-20(16)3/h4-5,7-8,10,12,19H,6,9,11H2,1-3H3. The molecule has 1 aromatic carbocycles. The van der Waals surface area contributed by atoms with E-state index >= 15 is 0 Å². The maximum atomic E-state index is 6.07. The monoisotopic (exact) mass is 307 g/mol. The Labute approximate surface area is 131 Å². The van der Waals surface area contributed by atoms with E-state index in [1.807, 2.05) is 36.0 Å². The Balaban J connectivity index is 1.96. The van der Waals surface area contributed by atoms with E-state index < -0.39 is 0 Å². The summed E-state index contributed by atoms with van der Waals surface area (Å²) in [5.74, 6) is 1.90. The van der Waals surface area contributed by atoms with Crippen LogP contribution in [0.5, 0.6) is 5.75 Å². The van der Waals surface area contributed by atoms with Gasteiger partial charge in [-0.15, -0.1) is 0 Å². The third kappa shape index (κ3) is 4.76.